The highest BCUT2D eigenvalue weighted by Gasteiger charge is 2.47. The molecule has 0 saturated heterocycles. The molecule has 2 saturated carbocycles. The molecule has 2 fully saturated rings. The number of benzene rings is 1. The predicted octanol–water partition coefficient (Wildman–Crippen LogP) is 5.10. The van der Waals surface area contributed by atoms with Crippen LogP contribution in [0.4, 0.5) is 8.78 Å². The Bertz CT molecular complexity index is 453. The van der Waals surface area contributed by atoms with Gasteiger partial charge in [-0.3, -0.25) is 0 Å². The van der Waals surface area contributed by atoms with E-state index in [1.165, 1.54) is 25.3 Å². The molecule has 0 aromatic heterocycles. The summed E-state index contributed by atoms with van der Waals surface area (Å²) in [6.07, 6.45) is 3.70. The van der Waals surface area contributed by atoms with Crippen molar-refractivity contribution in [1.29, 1.82) is 0 Å². The van der Waals surface area contributed by atoms with Gasteiger partial charge in [-0.1, -0.05) is 27.5 Å². The lowest BCUT2D eigenvalue weighted by molar-refractivity contribution is 0.474. The van der Waals surface area contributed by atoms with Crippen LogP contribution in [0.15, 0.2) is 12.1 Å². The number of fused-ring (bicyclic) bond motifs is 1. The molecule has 2 aliphatic carbocycles. The Kier molecular flexibility index (Phi) is 2.94. The summed E-state index contributed by atoms with van der Waals surface area (Å²) in [6.45, 7) is 0. The first-order chi connectivity index (χ1) is 8.06. The molecule has 4 heteroatoms. The van der Waals surface area contributed by atoms with Crippen LogP contribution < -0.4 is 0 Å². The number of alkyl halides is 1. The molecule has 0 spiro atoms. The van der Waals surface area contributed by atoms with Crippen LogP contribution >= 0.6 is 27.5 Å². The van der Waals surface area contributed by atoms with Gasteiger partial charge >= 0.3 is 0 Å². The second-order valence-electron chi connectivity index (χ2n) is 5.18. The molecule has 0 nitrogen and oxygen atoms in total. The van der Waals surface area contributed by atoms with E-state index >= 15 is 0 Å². The molecule has 0 bridgehead atoms. The van der Waals surface area contributed by atoms with Crippen LogP contribution in [0.5, 0.6) is 0 Å². The molecule has 3 unspecified atom stereocenters. The van der Waals surface area contributed by atoms with Crippen molar-refractivity contribution in [3.8, 4) is 0 Å². The topological polar surface area (TPSA) is 0 Å². The van der Waals surface area contributed by atoms with E-state index in [1.54, 1.807) is 0 Å². The van der Waals surface area contributed by atoms with Crippen molar-refractivity contribution >= 4 is 27.5 Å². The van der Waals surface area contributed by atoms with Gasteiger partial charge in [-0.2, -0.15) is 0 Å². The maximum absolute atomic E-state index is 13.2. The van der Waals surface area contributed by atoms with Gasteiger partial charge in [-0.05, 0) is 54.7 Å². The highest BCUT2D eigenvalue weighted by Crippen LogP contribution is 2.59. The fourth-order valence-electron chi connectivity index (χ4n) is 3.00. The molecule has 2 aliphatic rings. The molecule has 0 N–H and O–H groups in total. The van der Waals surface area contributed by atoms with Crippen molar-refractivity contribution < 1.29 is 8.78 Å². The molecule has 0 radical (unpaired) electrons. The van der Waals surface area contributed by atoms with Crippen LogP contribution in [0.2, 0.25) is 5.02 Å². The third kappa shape index (κ3) is 2.12. The van der Waals surface area contributed by atoms with Crippen LogP contribution in [0, 0.1) is 29.4 Å². The fourth-order valence-corrected chi connectivity index (χ4v) is 4.21. The first kappa shape index (κ1) is 11.9. The number of rotatable bonds is 2. The van der Waals surface area contributed by atoms with Crippen molar-refractivity contribution in [3.63, 3.8) is 0 Å². The van der Waals surface area contributed by atoms with Crippen molar-refractivity contribution in [2.24, 2.45) is 17.8 Å². The normalized spacial score (nSPS) is 32.4. The van der Waals surface area contributed by atoms with E-state index in [9.17, 15) is 8.78 Å². The zero-order valence-corrected chi connectivity index (χ0v) is 11.4. The summed E-state index contributed by atoms with van der Waals surface area (Å²) in [4.78, 5) is 0.0397. The van der Waals surface area contributed by atoms with Crippen molar-refractivity contribution in [2.75, 3.05) is 0 Å². The van der Waals surface area contributed by atoms with E-state index in [4.69, 9.17) is 11.6 Å². The zero-order valence-electron chi connectivity index (χ0n) is 9.10. The zero-order chi connectivity index (χ0) is 12.2. The Morgan fingerprint density at radius 2 is 1.71 bits per heavy atom. The second kappa shape index (κ2) is 4.20. The standard InChI is InChI=1S/C13H12BrClF2/c14-13(8-2-6-1-7(6)3-8)9-4-11(16)12(17)5-10(9)15/h4-8,13H,1-3H2. The quantitative estimate of drug-likeness (QED) is 0.525. The fraction of sp³-hybridized carbons (Fsp3) is 0.538. The summed E-state index contributed by atoms with van der Waals surface area (Å²) in [5.41, 5.74) is 0.678. The third-order valence-electron chi connectivity index (χ3n) is 4.03. The van der Waals surface area contributed by atoms with Gasteiger partial charge in [0.15, 0.2) is 11.6 Å². The highest BCUT2D eigenvalue weighted by molar-refractivity contribution is 9.09. The van der Waals surface area contributed by atoms with Crippen LogP contribution in [0.1, 0.15) is 29.7 Å². The molecule has 92 valence electrons. The minimum Gasteiger partial charge on any atom is -0.204 e. The van der Waals surface area contributed by atoms with Crippen molar-refractivity contribution in [1.82, 2.24) is 0 Å². The van der Waals surface area contributed by atoms with Gasteiger partial charge in [-0.25, -0.2) is 8.78 Å². The van der Waals surface area contributed by atoms with Crippen LogP contribution in [-0.4, -0.2) is 0 Å². The van der Waals surface area contributed by atoms with E-state index in [-0.39, 0.29) is 4.83 Å². The van der Waals surface area contributed by atoms with E-state index < -0.39 is 11.6 Å². The summed E-state index contributed by atoms with van der Waals surface area (Å²) < 4.78 is 26.2. The predicted molar refractivity (Wildman–Crippen MR) is 67.4 cm³/mol. The Hall–Kier alpha value is -0.150. The lowest BCUT2D eigenvalue weighted by atomic mass is 9.94. The Morgan fingerprint density at radius 1 is 1.12 bits per heavy atom. The highest BCUT2D eigenvalue weighted by atomic mass is 79.9. The molecule has 0 amide bonds. The van der Waals surface area contributed by atoms with Gasteiger partial charge in [0, 0.05) is 9.85 Å². The van der Waals surface area contributed by atoms with Gasteiger partial charge in [0.1, 0.15) is 0 Å². The maximum atomic E-state index is 13.2. The van der Waals surface area contributed by atoms with Gasteiger partial charge in [0.05, 0.1) is 0 Å². The Morgan fingerprint density at radius 3 is 2.35 bits per heavy atom. The average Bonchev–Trinajstić information content (AvgIpc) is 2.90. The van der Waals surface area contributed by atoms with Crippen molar-refractivity contribution in [3.05, 3.63) is 34.4 Å². The minimum atomic E-state index is -0.882. The summed E-state index contributed by atoms with van der Waals surface area (Å²) >= 11 is 9.58. The average molecular weight is 322 g/mol. The Balaban J connectivity index is 1.85. The number of hydrogen-bond donors (Lipinski definition) is 0. The van der Waals surface area contributed by atoms with Gasteiger partial charge in [0.2, 0.25) is 0 Å². The van der Waals surface area contributed by atoms with E-state index in [2.05, 4.69) is 15.9 Å². The maximum Gasteiger partial charge on any atom is 0.160 e. The lowest BCUT2D eigenvalue weighted by Crippen LogP contribution is -2.07. The van der Waals surface area contributed by atoms with Crippen LogP contribution in [0.25, 0.3) is 0 Å². The van der Waals surface area contributed by atoms with E-state index in [1.807, 2.05) is 0 Å². The molecule has 17 heavy (non-hydrogen) atoms. The number of hydrogen-bond acceptors (Lipinski definition) is 0. The first-order valence-corrected chi connectivity index (χ1v) is 7.14. The molecular weight excluding hydrogens is 309 g/mol. The smallest absolute Gasteiger partial charge is 0.160 e. The molecular formula is C13H12BrClF2. The molecule has 3 rings (SSSR count). The number of halogens is 4. The monoisotopic (exact) mass is 320 g/mol. The van der Waals surface area contributed by atoms with Crippen LogP contribution in [0.3, 0.4) is 0 Å². The van der Waals surface area contributed by atoms with Gasteiger partial charge in [0.25, 0.3) is 0 Å². The lowest BCUT2D eigenvalue weighted by Gasteiger charge is -2.20. The molecule has 1 aromatic carbocycles. The minimum absolute atomic E-state index is 0.0397. The Labute approximate surface area is 112 Å². The first-order valence-electron chi connectivity index (χ1n) is 5.84. The summed E-state index contributed by atoms with van der Waals surface area (Å²) in [7, 11) is 0. The molecule has 0 aliphatic heterocycles. The molecule has 1 aromatic rings. The SMILES string of the molecule is Fc1cc(Cl)c(C(Br)C2CC3CC3C2)cc1F. The van der Waals surface area contributed by atoms with Crippen LogP contribution in [-0.2, 0) is 0 Å². The third-order valence-corrected chi connectivity index (χ3v) is 5.60. The van der Waals surface area contributed by atoms with E-state index in [0.29, 0.717) is 16.5 Å². The summed E-state index contributed by atoms with van der Waals surface area (Å²) in [6, 6.07) is 2.29. The van der Waals surface area contributed by atoms with Gasteiger partial charge < -0.3 is 0 Å². The second-order valence-corrected chi connectivity index (χ2v) is 6.57. The summed E-state index contributed by atoms with van der Waals surface area (Å²) in [5.74, 6) is 0.527. The van der Waals surface area contributed by atoms with E-state index in [0.717, 1.165) is 17.9 Å². The van der Waals surface area contributed by atoms with Gasteiger partial charge in [-0.15, -0.1) is 0 Å². The largest absolute Gasteiger partial charge is 0.204 e. The molecule has 3 atom stereocenters. The summed E-state index contributed by atoms with van der Waals surface area (Å²) in [5, 5.41) is 0.311. The molecule has 0 heterocycles. The van der Waals surface area contributed by atoms with Crippen molar-refractivity contribution in [2.45, 2.75) is 24.1 Å².